The van der Waals surface area contributed by atoms with E-state index in [-0.39, 0.29) is 17.7 Å². The lowest BCUT2D eigenvalue weighted by molar-refractivity contribution is -0.115. The molecule has 172 valence electrons. The van der Waals surface area contributed by atoms with E-state index in [0.29, 0.717) is 35.2 Å². The predicted octanol–water partition coefficient (Wildman–Crippen LogP) is 7.50. The molecule has 0 radical (unpaired) electrons. The van der Waals surface area contributed by atoms with Crippen LogP contribution < -0.4 is 10.1 Å². The number of benzene rings is 3. The van der Waals surface area contributed by atoms with Crippen LogP contribution in [0.1, 0.15) is 21.5 Å². The van der Waals surface area contributed by atoms with E-state index in [9.17, 15) is 9.59 Å². The second-order valence-corrected chi connectivity index (χ2v) is 10.6. The smallest absolute Gasteiger partial charge is 0.279 e. The summed E-state index contributed by atoms with van der Waals surface area (Å²) in [7, 11) is 0. The number of amidine groups is 1. The fraction of sp³-hybridized carbons (Fsp3) is 0.0417. The molecule has 0 unspecified atom stereocenters. The van der Waals surface area contributed by atoms with Gasteiger partial charge in [0, 0.05) is 21.2 Å². The number of hydrogen-bond donors (Lipinski definition) is 1. The number of nitrogens with one attached hydrogen (secondary N) is 1. The molecule has 1 aliphatic rings. The van der Waals surface area contributed by atoms with Crippen molar-refractivity contribution in [3.8, 4) is 5.75 Å². The Kier molecular flexibility index (Phi) is 8.16. The number of halogens is 4. The van der Waals surface area contributed by atoms with Gasteiger partial charge < -0.3 is 10.1 Å². The molecule has 3 aromatic carbocycles. The maximum Gasteiger partial charge on any atom is 0.279 e. The van der Waals surface area contributed by atoms with Gasteiger partial charge in [-0.15, -0.1) is 0 Å². The Morgan fingerprint density at radius 1 is 1.06 bits per heavy atom. The van der Waals surface area contributed by atoms with Crippen molar-refractivity contribution in [1.29, 1.82) is 0 Å². The van der Waals surface area contributed by atoms with Crippen molar-refractivity contribution in [2.24, 2.45) is 4.99 Å². The molecule has 0 aliphatic carbocycles. The maximum absolute atomic E-state index is 12.4. The fourth-order valence-corrected chi connectivity index (χ4v) is 5.69. The van der Waals surface area contributed by atoms with Gasteiger partial charge in [-0.25, -0.2) is 0 Å². The molecule has 0 atom stereocenters. The standard InChI is InChI=1S/C24H14Br2Cl2N2O3S/c25-17-8-13(9-18(26)21(17)33-12-15-6-7-16(27)11-19(15)28)10-20-23(32)30-24(34-20)29-22(31)14-4-2-1-3-5-14/h1-11H,12H2,(H,29,30,31,32)/b20-10-. The Balaban J connectivity index is 1.49. The molecule has 0 spiro atoms. The lowest BCUT2D eigenvalue weighted by Gasteiger charge is -2.12. The van der Waals surface area contributed by atoms with Crippen LogP contribution in [-0.2, 0) is 11.4 Å². The Morgan fingerprint density at radius 3 is 2.44 bits per heavy atom. The van der Waals surface area contributed by atoms with E-state index in [2.05, 4.69) is 42.2 Å². The number of thioether (sulfide) groups is 1. The van der Waals surface area contributed by atoms with Crippen molar-refractivity contribution in [2.75, 3.05) is 0 Å². The highest BCUT2D eigenvalue weighted by Gasteiger charge is 2.25. The van der Waals surface area contributed by atoms with Gasteiger partial charge in [0.2, 0.25) is 0 Å². The number of hydrogen-bond acceptors (Lipinski definition) is 4. The minimum Gasteiger partial charge on any atom is -0.486 e. The first-order valence-corrected chi connectivity index (χ1v) is 12.9. The zero-order valence-corrected chi connectivity index (χ0v) is 22.7. The number of nitrogens with zero attached hydrogens (tertiary/aromatic N) is 1. The summed E-state index contributed by atoms with van der Waals surface area (Å²) in [4.78, 5) is 29.1. The molecule has 5 nitrogen and oxygen atoms in total. The Morgan fingerprint density at radius 2 is 1.76 bits per heavy atom. The molecule has 1 heterocycles. The Labute approximate surface area is 226 Å². The molecule has 1 saturated heterocycles. The molecule has 1 aliphatic heterocycles. The summed E-state index contributed by atoms with van der Waals surface area (Å²) in [6, 6.07) is 17.5. The van der Waals surface area contributed by atoms with Crippen molar-refractivity contribution in [1.82, 2.24) is 5.32 Å². The van der Waals surface area contributed by atoms with E-state index in [1.165, 1.54) is 0 Å². The third-order valence-electron chi connectivity index (χ3n) is 4.58. The van der Waals surface area contributed by atoms with E-state index in [4.69, 9.17) is 27.9 Å². The second-order valence-electron chi connectivity index (χ2n) is 6.99. The van der Waals surface area contributed by atoms with Gasteiger partial charge in [-0.05, 0) is 91.7 Å². The first-order valence-electron chi connectivity index (χ1n) is 9.75. The van der Waals surface area contributed by atoms with Crippen LogP contribution in [0.4, 0.5) is 0 Å². The Hall–Kier alpha value is -2.10. The molecule has 4 rings (SSSR count). The zero-order valence-electron chi connectivity index (χ0n) is 17.2. The van der Waals surface area contributed by atoms with E-state index < -0.39 is 5.91 Å². The van der Waals surface area contributed by atoms with Crippen LogP contribution in [0.5, 0.6) is 5.75 Å². The highest BCUT2D eigenvalue weighted by atomic mass is 79.9. The van der Waals surface area contributed by atoms with Gasteiger partial charge in [0.25, 0.3) is 11.8 Å². The molecule has 3 aromatic rings. The lowest BCUT2D eigenvalue weighted by atomic mass is 10.2. The van der Waals surface area contributed by atoms with Gasteiger partial charge in [0.15, 0.2) is 5.17 Å². The highest BCUT2D eigenvalue weighted by Crippen LogP contribution is 2.37. The number of aliphatic imine (C=N–C) groups is 1. The van der Waals surface area contributed by atoms with Gasteiger partial charge in [-0.2, -0.15) is 4.99 Å². The topological polar surface area (TPSA) is 67.8 Å². The number of carbonyl (C=O) groups excluding carboxylic acids is 2. The summed E-state index contributed by atoms with van der Waals surface area (Å²) >= 11 is 20.3. The minimum atomic E-state index is -0.419. The maximum atomic E-state index is 12.4. The van der Waals surface area contributed by atoms with Gasteiger partial charge >= 0.3 is 0 Å². The monoisotopic (exact) mass is 638 g/mol. The van der Waals surface area contributed by atoms with Crippen molar-refractivity contribution < 1.29 is 14.3 Å². The third-order valence-corrected chi connectivity index (χ3v) is 7.26. The van der Waals surface area contributed by atoms with Gasteiger partial charge in [-0.1, -0.05) is 47.5 Å². The molecule has 10 heteroatoms. The molecule has 0 saturated carbocycles. The first kappa shape index (κ1) is 25.0. The average molecular weight is 641 g/mol. The van der Waals surface area contributed by atoms with E-state index >= 15 is 0 Å². The largest absolute Gasteiger partial charge is 0.486 e. The summed E-state index contributed by atoms with van der Waals surface area (Å²) in [5, 5.41) is 3.94. The van der Waals surface area contributed by atoms with E-state index in [1.54, 1.807) is 42.5 Å². The third kappa shape index (κ3) is 6.12. The summed E-state index contributed by atoms with van der Waals surface area (Å²) in [6.07, 6.45) is 1.71. The molecule has 1 N–H and O–H groups in total. The van der Waals surface area contributed by atoms with Crippen LogP contribution in [0.3, 0.4) is 0 Å². The number of carbonyl (C=O) groups is 2. The predicted molar refractivity (Wildman–Crippen MR) is 145 cm³/mol. The van der Waals surface area contributed by atoms with E-state index in [0.717, 1.165) is 22.9 Å². The molecule has 0 aromatic heterocycles. The van der Waals surface area contributed by atoms with Crippen LogP contribution in [-0.4, -0.2) is 17.0 Å². The summed E-state index contributed by atoms with van der Waals surface area (Å²) < 4.78 is 7.32. The fourth-order valence-electron chi connectivity index (χ4n) is 2.96. The van der Waals surface area contributed by atoms with Crippen molar-refractivity contribution in [3.05, 3.63) is 101 Å². The molecule has 1 fully saturated rings. The van der Waals surface area contributed by atoms with Crippen LogP contribution in [0.25, 0.3) is 6.08 Å². The first-order chi connectivity index (χ1) is 16.3. The van der Waals surface area contributed by atoms with Crippen LogP contribution in [0.2, 0.25) is 10.0 Å². The zero-order chi connectivity index (χ0) is 24.2. The minimum absolute atomic E-state index is 0.239. The lowest BCUT2D eigenvalue weighted by Crippen LogP contribution is -2.20. The number of rotatable bonds is 5. The highest BCUT2D eigenvalue weighted by molar-refractivity contribution is 9.11. The van der Waals surface area contributed by atoms with Crippen LogP contribution >= 0.6 is 66.8 Å². The van der Waals surface area contributed by atoms with Gasteiger partial charge in [-0.3, -0.25) is 9.59 Å². The van der Waals surface area contributed by atoms with Crippen LogP contribution in [0, 0.1) is 0 Å². The number of amides is 2. The van der Waals surface area contributed by atoms with E-state index in [1.807, 2.05) is 24.3 Å². The van der Waals surface area contributed by atoms with Crippen molar-refractivity contribution in [2.45, 2.75) is 6.61 Å². The Bertz CT molecular complexity index is 1320. The molecular weight excluding hydrogens is 627 g/mol. The molecular formula is C24H14Br2Cl2N2O3S. The van der Waals surface area contributed by atoms with Crippen LogP contribution in [0.15, 0.2) is 79.5 Å². The van der Waals surface area contributed by atoms with Gasteiger partial charge in [0.05, 0.1) is 13.9 Å². The summed E-state index contributed by atoms with van der Waals surface area (Å²) in [5.41, 5.74) is 2.00. The summed E-state index contributed by atoms with van der Waals surface area (Å²) in [5.74, 6) is -0.153. The van der Waals surface area contributed by atoms with Gasteiger partial charge in [0.1, 0.15) is 12.4 Å². The second kappa shape index (κ2) is 11.1. The molecule has 0 bridgehead atoms. The molecule has 2 amide bonds. The SMILES string of the molecule is O=C1NC(=NC(=O)c2ccccc2)S/C1=C\c1cc(Br)c(OCc2ccc(Cl)cc2Cl)c(Br)c1. The summed E-state index contributed by atoms with van der Waals surface area (Å²) in [6.45, 7) is 0.251. The normalized spacial score (nSPS) is 15.6. The number of ether oxygens (including phenoxy) is 1. The quantitative estimate of drug-likeness (QED) is 0.293. The van der Waals surface area contributed by atoms with Crippen molar-refractivity contribution in [3.63, 3.8) is 0 Å². The van der Waals surface area contributed by atoms with Crippen molar-refractivity contribution >= 4 is 89.9 Å². The average Bonchev–Trinajstić information content (AvgIpc) is 3.13. The molecule has 34 heavy (non-hydrogen) atoms.